The van der Waals surface area contributed by atoms with Crippen LogP contribution in [0.5, 0.6) is 0 Å². The van der Waals surface area contributed by atoms with E-state index < -0.39 is 0 Å². The van der Waals surface area contributed by atoms with Crippen molar-refractivity contribution < 1.29 is 4.79 Å². The van der Waals surface area contributed by atoms with Crippen LogP contribution in [0.15, 0.2) is 59.8 Å². The second-order valence-electron chi connectivity index (χ2n) is 6.98. The van der Waals surface area contributed by atoms with Crippen molar-refractivity contribution in [2.45, 2.75) is 56.0 Å². The fourth-order valence-corrected chi connectivity index (χ4v) is 4.19. The number of carbonyl (C=O) groups is 1. The van der Waals surface area contributed by atoms with Gasteiger partial charge < -0.3 is 5.32 Å². The maximum absolute atomic E-state index is 12.5. The molecule has 0 unspecified atom stereocenters. The van der Waals surface area contributed by atoms with Gasteiger partial charge in [-0.25, -0.2) is 0 Å². The zero-order valence-electron chi connectivity index (χ0n) is 16.4. The first-order valence-electron chi connectivity index (χ1n) is 9.91. The average Bonchev–Trinajstić information content (AvgIpc) is 3.12. The number of aromatic nitrogens is 3. The first-order valence-corrected chi connectivity index (χ1v) is 10.8. The molecule has 1 heterocycles. The Kier molecular flexibility index (Phi) is 7.48. The molecule has 1 N–H and O–H groups in total. The number of allylic oxidation sites excluding steroid dienone is 2. The molecule has 0 spiro atoms. The minimum Gasteiger partial charge on any atom is -0.355 e. The van der Waals surface area contributed by atoms with Gasteiger partial charge in [0.05, 0.1) is 5.25 Å². The first-order chi connectivity index (χ1) is 13.7. The van der Waals surface area contributed by atoms with Gasteiger partial charge in [-0.1, -0.05) is 59.8 Å². The lowest BCUT2D eigenvalue weighted by Crippen LogP contribution is -2.32. The lowest BCUT2D eigenvalue weighted by atomic mass is 9.97. The van der Waals surface area contributed by atoms with Crippen molar-refractivity contribution in [1.82, 2.24) is 20.1 Å². The highest BCUT2D eigenvalue weighted by Gasteiger charge is 2.20. The van der Waals surface area contributed by atoms with Gasteiger partial charge in [0.15, 0.2) is 11.0 Å². The molecule has 1 aromatic carbocycles. The van der Waals surface area contributed by atoms with Gasteiger partial charge >= 0.3 is 0 Å². The molecule has 1 aliphatic carbocycles. The summed E-state index contributed by atoms with van der Waals surface area (Å²) in [6.07, 6.45) is 10.0. The minimum atomic E-state index is -0.239. The maximum Gasteiger partial charge on any atom is 0.233 e. The number of benzene rings is 1. The third-order valence-electron chi connectivity index (χ3n) is 4.84. The van der Waals surface area contributed by atoms with E-state index in [1.807, 2.05) is 47.9 Å². The predicted octanol–water partition coefficient (Wildman–Crippen LogP) is 4.62. The Balaban J connectivity index is 1.60. The van der Waals surface area contributed by atoms with E-state index in [2.05, 4.69) is 28.2 Å². The molecule has 1 amide bonds. The van der Waals surface area contributed by atoms with Crippen molar-refractivity contribution in [2.24, 2.45) is 0 Å². The molecule has 0 saturated carbocycles. The molecule has 6 heteroatoms. The molecule has 3 rings (SSSR count). The van der Waals surface area contributed by atoms with Gasteiger partial charge in [-0.2, -0.15) is 0 Å². The zero-order valence-corrected chi connectivity index (χ0v) is 17.3. The molecule has 0 bridgehead atoms. The number of amides is 1. The Labute approximate surface area is 171 Å². The van der Waals surface area contributed by atoms with E-state index in [-0.39, 0.29) is 11.2 Å². The van der Waals surface area contributed by atoms with Crippen molar-refractivity contribution in [1.29, 1.82) is 0 Å². The third-order valence-corrected chi connectivity index (χ3v) is 5.92. The number of thioether (sulfide) groups is 1. The molecular formula is C22H28N4OS. The molecule has 0 aliphatic heterocycles. The summed E-state index contributed by atoms with van der Waals surface area (Å²) in [5, 5.41) is 12.2. The van der Waals surface area contributed by atoms with Gasteiger partial charge in [-0.05, 0) is 39.0 Å². The van der Waals surface area contributed by atoms with Crippen LogP contribution in [-0.2, 0) is 11.3 Å². The summed E-state index contributed by atoms with van der Waals surface area (Å²) in [6, 6.07) is 9.95. The van der Waals surface area contributed by atoms with Gasteiger partial charge in [0.1, 0.15) is 0 Å². The number of hydrogen-bond donors (Lipinski definition) is 1. The molecule has 1 aliphatic rings. The lowest BCUT2D eigenvalue weighted by Gasteiger charge is -2.15. The Morgan fingerprint density at radius 1 is 1.32 bits per heavy atom. The third kappa shape index (κ3) is 5.35. The first kappa shape index (κ1) is 20.4. The van der Waals surface area contributed by atoms with Crippen molar-refractivity contribution in [3.8, 4) is 11.4 Å². The van der Waals surface area contributed by atoms with Gasteiger partial charge in [-0.15, -0.1) is 16.8 Å². The van der Waals surface area contributed by atoms with Crippen molar-refractivity contribution >= 4 is 17.7 Å². The van der Waals surface area contributed by atoms with E-state index in [1.54, 1.807) is 0 Å². The standard InChI is InChI=1S/C22H28N4OS/c1-3-16-26-20(19-12-8-5-9-13-19)24-25-22(26)28-17(2)21(27)23-15-14-18-10-6-4-7-11-18/h3,5,8-10,12-13,17H,1,4,6-7,11,14-16H2,2H3,(H,23,27)/t17-/m0/s1. The monoisotopic (exact) mass is 396 g/mol. The largest absolute Gasteiger partial charge is 0.355 e. The van der Waals surface area contributed by atoms with Gasteiger partial charge in [-0.3, -0.25) is 9.36 Å². The van der Waals surface area contributed by atoms with E-state index >= 15 is 0 Å². The van der Waals surface area contributed by atoms with Crippen LogP contribution in [0.4, 0.5) is 0 Å². The summed E-state index contributed by atoms with van der Waals surface area (Å²) in [4.78, 5) is 12.5. The summed E-state index contributed by atoms with van der Waals surface area (Å²) in [6.45, 7) is 7.05. The second-order valence-corrected chi connectivity index (χ2v) is 8.29. The number of nitrogens with zero attached hydrogens (tertiary/aromatic N) is 3. The smallest absolute Gasteiger partial charge is 0.233 e. The fraction of sp³-hybridized carbons (Fsp3) is 0.409. The van der Waals surface area contributed by atoms with E-state index in [4.69, 9.17) is 0 Å². The number of nitrogens with one attached hydrogen (secondary N) is 1. The van der Waals surface area contributed by atoms with Crippen molar-refractivity contribution in [3.63, 3.8) is 0 Å². The lowest BCUT2D eigenvalue weighted by molar-refractivity contribution is -0.120. The molecule has 0 radical (unpaired) electrons. The fourth-order valence-electron chi connectivity index (χ4n) is 3.30. The van der Waals surface area contributed by atoms with Crippen LogP contribution in [0.3, 0.4) is 0 Å². The summed E-state index contributed by atoms with van der Waals surface area (Å²) in [7, 11) is 0. The second kappa shape index (κ2) is 10.3. The SMILES string of the molecule is C=CCn1c(S[C@@H](C)C(=O)NCCC2=CCCCC2)nnc1-c1ccccc1. The van der Waals surface area contributed by atoms with E-state index in [0.29, 0.717) is 13.1 Å². The van der Waals surface area contributed by atoms with E-state index in [1.165, 1.54) is 43.0 Å². The van der Waals surface area contributed by atoms with E-state index in [9.17, 15) is 4.79 Å². The predicted molar refractivity (Wildman–Crippen MR) is 115 cm³/mol. The molecule has 1 atom stereocenters. The average molecular weight is 397 g/mol. The Bertz CT molecular complexity index is 828. The zero-order chi connectivity index (χ0) is 19.8. The molecule has 28 heavy (non-hydrogen) atoms. The van der Waals surface area contributed by atoms with Crippen LogP contribution in [0, 0.1) is 0 Å². The highest BCUT2D eigenvalue weighted by Crippen LogP contribution is 2.27. The van der Waals surface area contributed by atoms with Gasteiger partial charge in [0, 0.05) is 18.7 Å². The van der Waals surface area contributed by atoms with Crippen LogP contribution in [-0.4, -0.2) is 32.5 Å². The normalized spacial score (nSPS) is 15.0. The van der Waals surface area contributed by atoms with Gasteiger partial charge in [0.2, 0.25) is 5.91 Å². The van der Waals surface area contributed by atoms with Crippen LogP contribution >= 0.6 is 11.8 Å². The highest BCUT2D eigenvalue weighted by molar-refractivity contribution is 8.00. The topological polar surface area (TPSA) is 59.8 Å². The van der Waals surface area contributed by atoms with Crippen LogP contribution < -0.4 is 5.32 Å². The number of hydrogen-bond acceptors (Lipinski definition) is 4. The van der Waals surface area contributed by atoms with Gasteiger partial charge in [0.25, 0.3) is 0 Å². The molecule has 0 saturated heterocycles. The molecule has 2 aromatic rings. The van der Waals surface area contributed by atoms with Crippen molar-refractivity contribution in [2.75, 3.05) is 6.54 Å². The Hall–Kier alpha value is -2.34. The summed E-state index contributed by atoms with van der Waals surface area (Å²) in [5.41, 5.74) is 2.48. The molecule has 0 fully saturated rings. The number of rotatable bonds is 9. The van der Waals surface area contributed by atoms with Crippen molar-refractivity contribution in [3.05, 3.63) is 54.6 Å². The maximum atomic E-state index is 12.5. The Morgan fingerprint density at radius 3 is 2.86 bits per heavy atom. The summed E-state index contributed by atoms with van der Waals surface area (Å²) >= 11 is 1.43. The molecule has 1 aromatic heterocycles. The summed E-state index contributed by atoms with van der Waals surface area (Å²) in [5.74, 6) is 0.829. The Morgan fingerprint density at radius 2 is 2.14 bits per heavy atom. The number of carbonyl (C=O) groups excluding carboxylic acids is 1. The highest BCUT2D eigenvalue weighted by atomic mass is 32.2. The van der Waals surface area contributed by atoms with Crippen LogP contribution in [0.1, 0.15) is 39.0 Å². The minimum absolute atomic E-state index is 0.0378. The summed E-state index contributed by atoms with van der Waals surface area (Å²) < 4.78 is 2.00. The van der Waals surface area contributed by atoms with Crippen LogP contribution in [0.2, 0.25) is 0 Å². The molecular weight excluding hydrogens is 368 g/mol. The molecule has 5 nitrogen and oxygen atoms in total. The van der Waals surface area contributed by atoms with Crippen LogP contribution in [0.25, 0.3) is 11.4 Å². The van der Waals surface area contributed by atoms with E-state index in [0.717, 1.165) is 23.0 Å². The molecule has 148 valence electrons. The quantitative estimate of drug-likeness (QED) is 0.496.